The van der Waals surface area contributed by atoms with Gasteiger partial charge in [0.05, 0.1) is 17.9 Å². The fourth-order valence-electron chi connectivity index (χ4n) is 3.92. The van der Waals surface area contributed by atoms with Crippen LogP contribution in [0.3, 0.4) is 0 Å². The van der Waals surface area contributed by atoms with Gasteiger partial charge in [-0.15, -0.1) is 11.3 Å². The second kappa shape index (κ2) is 7.57. The number of anilines is 1. The van der Waals surface area contributed by atoms with Gasteiger partial charge in [-0.2, -0.15) is 0 Å². The largest absolute Gasteiger partial charge is 0.493 e. The lowest BCUT2D eigenvalue weighted by molar-refractivity contribution is 0.102. The maximum atomic E-state index is 12.4. The van der Waals surface area contributed by atoms with Crippen molar-refractivity contribution in [3.8, 4) is 5.75 Å². The van der Waals surface area contributed by atoms with Gasteiger partial charge in [0.2, 0.25) is 0 Å². The number of nitrogens with zero attached hydrogens (tertiary/aromatic N) is 3. The van der Waals surface area contributed by atoms with Gasteiger partial charge in [-0.25, -0.2) is 4.98 Å². The minimum absolute atomic E-state index is 0.174. The number of nitrogens with one attached hydrogen (secondary N) is 1. The Hall–Kier alpha value is -2.77. The van der Waals surface area contributed by atoms with E-state index in [1.165, 1.54) is 16.0 Å². The molecule has 0 bridgehead atoms. The maximum Gasteiger partial charge on any atom is 0.259 e. The molecule has 29 heavy (non-hydrogen) atoms. The molecule has 2 aliphatic heterocycles. The Kier molecular flexibility index (Phi) is 4.77. The number of thiazole rings is 1. The number of rotatable bonds is 4. The van der Waals surface area contributed by atoms with Crippen LogP contribution in [0.5, 0.6) is 5.75 Å². The minimum atomic E-state index is -0.174. The Bertz CT molecular complexity index is 1050. The molecule has 2 aromatic heterocycles. The van der Waals surface area contributed by atoms with Crippen LogP contribution in [0.25, 0.3) is 0 Å². The van der Waals surface area contributed by atoms with E-state index in [4.69, 9.17) is 9.72 Å². The number of hydrogen-bond acceptors (Lipinski definition) is 6. The summed E-state index contributed by atoms with van der Waals surface area (Å²) in [7, 11) is 0. The Morgan fingerprint density at radius 3 is 3.10 bits per heavy atom. The molecule has 1 N–H and O–H groups in total. The molecular formula is C22H22N4O2S. The van der Waals surface area contributed by atoms with E-state index in [1.54, 1.807) is 35.9 Å². The van der Waals surface area contributed by atoms with Crippen molar-refractivity contribution in [1.29, 1.82) is 0 Å². The van der Waals surface area contributed by atoms with Crippen molar-refractivity contribution in [2.75, 3.05) is 18.5 Å². The van der Waals surface area contributed by atoms with Crippen LogP contribution >= 0.6 is 11.3 Å². The number of aromatic nitrogens is 2. The van der Waals surface area contributed by atoms with Gasteiger partial charge in [0, 0.05) is 42.8 Å². The fourth-order valence-corrected chi connectivity index (χ4v) is 4.88. The maximum absolute atomic E-state index is 12.4. The predicted molar refractivity (Wildman–Crippen MR) is 112 cm³/mol. The molecule has 1 aromatic carbocycles. The van der Waals surface area contributed by atoms with Crippen molar-refractivity contribution in [3.05, 3.63) is 70.0 Å². The topological polar surface area (TPSA) is 67.3 Å². The Labute approximate surface area is 173 Å². The first kappa shape index (κ1) is 18.3. The molecule has 0 spiro atoms. The average molecular weight is 407 g/mol. The molecule has 2 aliphatic rings. The molecule has 4 heterocycles. The van der Waals surface area contributed by atoms with Crippen LogP contribution in [0.15, 0.2) is 42.7 Å². The third-order valence-corrected chi connectivity index (χ3v) is 6.72. The molecule has 5 rings (SSSR count). The Morgan fingerprint density at radius 2 is 2.24 bits per heavy atom. The average Bonchev–Trinajstić information content (AvgIpc) is 3.38. The number of benzene rings is 1. The van der Waals surface area contributed by atoms with Gasteiger partial charge >= 0.3 is 0 Å². The second-order valence-corrected chi connectivity index (χ2v) is 8.53. The molecule has 148 valence electrons. The molecular weight excluding hydrogens is 384 g/mol. The van der Waals surface area contributed by atoms with E-state index in [1.807, 2.05) is 0 Å². The monoisotopic (exact) mass is 406 g/mol. The molecule has 1 amide bonds. The Balaban J connectivity index is 1.29. The summed E-state index contributed by atoms with van der Waals surface area (Å²) in [5.74, 6) is 0.855. The number of pyridine rings is 1. The summed E-state index contributed by atoms with van der Waals surface area (Å²) in [5.41, 5.74) is 4.17. The van der Waals surface area contributed by atoms with E-state index in [2.05, 4.69) is 40.3 Å². The molecule has 1 unspecified atom stereocenters. The molecule has 0 aliphatic carbocycles. The van der Waals surface area contributed by atoms with Crippen molar-refractivity contribution in [2.24, 2.45) is 0 Å². The van der Waals surface area contributed by atoms with Crippen LogP contribution in [0, 0.1) is 0 Å². The summed E-state index contributed by atoms with van der Waals surface area (Å²) in [6.07, 6.45) is 5.17. The van der Waals surface area contributed by atoms with E-state index in [0.29, 0.717) is 10.7 Å². The zero-order chi connectivity index (χ0) is 19.8. The summed E-state index contributed by atoms with van der Waals surface area (Å²) < 4.78 is 5.74. The van der Waals surface area contributed by atoms with Gasteiger partial charge in [-0.05, 0) is 42.7 Å². The summed E-state index contributed by atoms with van der Waals surface area (Å²) >= 11 is 1.57. The zero-order valence-electron chi connectivity index (χ0n) is 16.2. The fraction of sp³-hybridized carbons (Fsp3) is 0.318. The van der Waals surface area contributed by atoms with Gasteiger partial charge in [0.1, 0.15) is 5.75 Å². The number of amides is 1. The highest BCUT2D eigenvalue weighted by Gasteiger charge is 2.26. The van der Waals surface area contributed by atoms with E-state index in [9.17, 15) is 4.79 Å². The van der Waals surface area contributed by atoms with Crippen LogP contribution < -0.4 is 10.1 Å². The first-order valence-corrected chi connectivity index (χ1v) is 10.7. The summed E-state index contributed by atoms with van der Waals surface area (Å²) in [6.45, 7) is 4.78. The van der Waals surface area contributed by atoms with Crippen molar-refractivity contribution >= 4 is 22.4 Å². The third-order valence-electron chi connectivity index (χ3n) is 5.65. The smallest absolute Gasteiger partial charge is 0.259 e. The predicted octanol–water partition coefficient (Wildman–Crippen LogP) is 3.84. The molecule has 3 aromatic rings. The number of hydrogen-bond donors (Lipinski definition) is 1. The van der Waals surface area contributed by atoms with E-state index >= 15 is 0 Å². The number of carbonyl (C=O) groups excluding carboxylic acids is 1. The van der Waals surface area contributed by atoms with Crippen molar-refractivity contribution < 1.29 is 9.53 Å². The molecule has 7 heteroatoms. The van der Waals surface area contributed by atoms with Crippen LogP contribution in [0.1, 0.15) is 45.0 Å². The zero-order valence-corrected chi connectivity index (χ0v) is 17.0. The number of fused-ring (bicyclic) bond motifs is 2. The van der Waals surface area contributed by atoms with Gasteiger partial charge in [-0.3, -0.25) is 20.0 Å². The van der Waals surface area contributed by atoms with Gasteiger partial charge in [-0.1, -0.05) is 12.1 Å². The van der Waals surface area contributed by atoms with E-state index < -0.39 is 0 Å². The lowest BCUT2D eigenvalue weighted by atomic mass is 10.0. The van der Waals surface area contributed by atoms with Gasteiger partial charge in [0.25, 0.3) is 5.91 Å². The van der Waals surface area contributed by atoms with Crippen LogP contribution in [0.2, 0.25) is 0 Å². The summed E-state index contributed by atoms with van der Waals surface area (Å²) in [5, 5.41) is 3.57. The Morgan fingerprint density at radius 1 is 1.31 bits per heavy atom. The van der Waals surface area contributed by atoms with Crippen LogP contribution in [-0.2, 0) is 19.4 Å². The summed E-state index contributed by atoms with van der Waals surface area (Å²) in [6, 6.07) is 10.4. The highest BCUT2D eigenvalue weighted by Crippen LogP contribution is 2.35. The van der Waals surface area contributed by atoms with E-state index in [0.717, 1.165) is 44.0 Å². The van der Waals surface area contributed by atoms with Crippen molar-refractivity contribution in [1.82, 2.24) is 14.9 Å². The number of ether oxygens (including phenoxy) is 1. The lowest BCUT2D eigenvalue weighted by Gasteiger charge is -2.32. The molecule has 1 atom stereocenters. The molecule has 6 nitrogen and oxygen atoms in total. The first-order chi connectivity index (χ1) is 14.2. The van der Waals surface area contributed by atoms with Gasteiger partial charge < -0.3 is 4.74 Å². The van der Waals surface area contributed by atoms with E-state index in [-0.39, 0.29) is 11.9 Å². The molecule has 0 radical (unpaired) electrons. The van der Waals surface area contributed by atoms with Gasteiger partial charge in [0.15, 0.2) is 5.13 Å². The third kappa shape index (κ3) is 3.63. The van der Waals surface area contributed by atoms with Crippen molar-refractivity contribution in [2.45, 2.75) is 32.4 Å². The molecule has 0 saturated carbocycles. The highest BCUT2D eigenvalue weighted by atomic mass is 32.1. The minimum Gasteiger partial charge on any atom is -0.493 e. The SMILES string of the molecule is CC(c1ccc2c(c1)OCC2)N1CCc2sc(NC(=O)c3cccnc3)nc2C1. The standard InChI is InChI=1S/C22H22N4O2S/c1-14(16-5-4-15-7-10-28-19(15)11-16)26-9-6-20-18(13-26)24-22(29-20)25-21(27)17-3-2-8-23-12-17/h2-5,8,11-12,14H,6-7,9-10,13H2,1H3,(H,24,25,27). The molecule has 0 fully saturated rings. The normalized spacial score (nSPS) is 16.6. The lowest BCUT2D eigenvalue weighted by Crippen LogP contribution is -2.32. The quantitative estimate of drug-likeness (QED) is 0.713. The highest BCUT2D eigenvalue weighted by molar-refractivity contribution is 7.15. The van der Waals surface area contributed by atoms with Crippen molar-refractivity contribution in [3.63, 3.8) is 0 Å². The first-order valence-electron chi connectivity index (χ1n) is 9.87. The number of carbonyl (C=O) groups is 1. The second-order valence-electron chi connectivity index (χ2n) is 7.45. The van der Waals surface area contributed by atoms with Crippen LogP contribution in [-0.4, -0.2) is 33.9 Å². The summed E-state index contributed by atoms with van der Waals surface area (Å²) in [4.78, 5) is 24.8. The van der Waals surface area contributed by atoms with Crippen LogP contribution in [0.4, 0.5) is 5.13 Å². The molecule has 0 saturated heterocycles.